The summed E-state index contributed by atoms with van der Waals surface area (Å²) in [6.45, 7) is -0.627. The van der Waals surface area contributed by atoms with Crippen molar-refractivity contribution < 1.29 is 27.1 Å². The molecule has 1 unspecified atom stereocenters. The molecule has 1 atom stereocenters. The molecule has 3 aromatic carbocycles. The summed E-state index contributed by atoms with van der Waals surface area (Å²) < 4.78 is 61.5. The number of alkyl halides is 3. The molecular formula is C23H19F4NO2. The SMILES string of the molecule is O=C(NCc1ccc(F)cc1)C(OCc1ccccc1)(c1ccccc1)C(F)(F)F. The van der Waals surface area contributed by atoms with E-state index in [2.05, 4.69) is 5.32 Å². The fourth-order valence-corrected chi connectivity index (χ4v) is 3.00. The molecule has 0 fully saturated rings. The van der Waals surface area contributed by atoms with Gasteiger partial charge in [-0.1, -0.05) is 72.8 Å². The van der Waals surface area contributed by atoms with E-state index in [0.717, 1.165) is 0 Å². The van der Waals surface area contributed by atoms with Crippen LogP contribution in [0.15, 0.2) is 84.9 Å². The number of ether oxygens (including phenoxy) is 1. The van der Waals surface area contributed by atoms with Crippen molar-refractivity contribution in [2.45, 2.75) is 24.9 Å². The van der Waals surface area contributed by atoms with Gasteiger partial charge in [0.1, 0.15) is 5.82 Å². The lowest BCUT2D eigenvalue weighted by Gasteiger charge is -2.34. The van der Waals surface area contributed by atoms with Gasteiger partial charge in [0.15, 0.2) is 0 Å². The van der Waals surface area contributed by atoms with E-state index in [4.69, 9.17) is 4.74 Å². The van der Waals surface area contributed by atoms with Gasteiger partial charge in [0.2, 0.25) is 0 Å². The van der Waals surface area contributed by atoms with E-state index in [9.17, 15) is 22.4 Å². The van der Waals surface area contributed by atoms with Gasteiger partial charge in [-0.2, -0.15) is 13.2 Å². The lowest BCUT2D eigenvalue weighted by molar-refractivity contribution is -0.277. The topological polar surface area (TPSA) is 38.3 Å². The molecule has 0 aliphatic heterocycles. The summed E-state index contributed by atoms with van der Waals surface area (Å²) in [5.74, 6) is -1.83. The van der Waals surface area contributed by atoms with Gasteiger partial charge in [0.25, 0.3) is 11.5 Å². The van der Waals surface area contributed by atoms with E-state index in [1.54, 1.807) is 36.4 Å². The molecule has 156 valence electrons. The van der Waals surface area contributed by atoms with Crippen LogP contribution < -0.4 is 5.32 Å². The number of hydrogen-bond donors (Lipinski definition) is 1. The van der Waals surface area contributed by atoms with Crippen LogP contribution in [0.3, 0.4) is 0 Å². The summed E-state index contributed by atoms with van der Waals surface area (Å²) in [6.07, 6.45) is -5.03. The molecule has 0 radical (unpaired) electrons. The number of rotatable bonds is 7. The Hall–Kier alpha value is -3.19. The van der Waals surface area contributed by atoms with Gasteiger partial charge in [0, 0.05) is 12.1 Å². The summed E-state index contributed by atoms with van der Waals surface area (Å²) in [5, 5.41) is 2.29. The first-order valence-electron chi connectivity index (χ1n) is 9.16. The quantitative estimate of drug-likeness (QED) is 0.542. The lowest BCUT2D eigenvalue weighted by Crippen LogP contribution is -2.56. The Morgan fingerprint density at radius 1 is 0.800 bits per heavy atom. The maximum Gasteiger partial charge on any atom is 0.430 e. The number of benzene rings is 3. The van der Waals surface area contributed by atoms with Crippen LogP contribution in [0.25, 0.3) is 0 Å². The molecule has 3 nitrogen and oxygen atoms in total. The van der Waals surface area contributed by atoms with Crippen molar-refractivity contribution >= 4 is 5.91 Å². The highest BCUT2D eigenvalue weighted by atomic mass is 19.4. The number of hydrogen-bond acceptors (Lipinski definition) is 2. The van der Waals surface area contributed by atoms with Crippen molar-refractivity contribution in [2.24, 2.45) is 0 Å². The minimum Gasteiger partial charge on any atom is -0.349 e. The van der Waals surface area contributed by atoms with Gasteiger partial charge in [-0.25, -0.2) is 4.39 Å². The van der Waals surface area contributed by atoms with Crippen molar-refractivity contribution in [3.8, 4) is 0 Å². The van der Waals surface area contributed by atoms with Crippen molar-refractivity contribution in [3.63, 3.8) is 0 Å². The Morgan fingerprint density at radius 2 is 1.37 bits per heavy atom. The molecule has 0 bridgehead atoms. The highest BCUT2D eigenvalue weighted by Gasteiger charge is 2.63. The van der Waals surface area contributed by atoms with Gasteiger partial charge in [0.05, 0.1) is 6.61 Å². The molecule has 7 heteroatoms. The van der Waals surface area contributed by atoms with E-state index in [-0.39, 0.29) is 12.1 Å². The summed E-state index contributed by atoms with van der Waals surface area (Å²) in [4.78, 5) is 12.9. The van der Waals surface area contributed by atoms with Gasteiger partial charge in [-0.05, 0) is 23.3 Å². The molecule has 1 N–H and O–H groups in total. The number of halogens is 4. The fourth-order valence-electron chi connectivity index (χ4n) is 3.00. The minimum atomic E-state index is -5.03. The van der Waals surface area contributed by atoms with Crippen LogP contribution in [-0.2, 0) is 28.3 Å². The van der Waals surface area contributed by atoms with Crippen LogP contribution in [0, 0.1) is 5.82 Å². The standard InChI is InChI=1S/C23H19F4NO2/c24-20-13-11-17(12-14-20)15-28-21(29)22(23(25,26)27,19-9-5-2-6-10-19)30-16-18-7-3-1-4-8-18/h1-14H,15-16H2,(H,28,29). The Balaban J connectivity index is 1.93. The van der Waals surface area contributed by atoms with Crippen molar-refractivity contribution in [1.82, 2.24) is 5.32 Å². The summed E-state index contributed by atoms with van der Waals surface area (Å²) in [5.41, 5.74) is -2.58. The highest BCUT2D eigenvalue weighted by Crippen LogP contribution is 2.43. The van der Waals surface area contributed by atoms with Crippen molar-refractivity contribution in [1.29, 1.82) is 0 Å². The smallest absolute Gasteiger partial charge is 0.349 e. The normalized spacial score (nSPS) is 13.5. The van der Waals surface area contributed by atoms with Crippen molar-refractivity contribution in [3.05, 3.63) is 107 Å². The third-order valence-electron chi connectivity index (χ3n) is 4.56. The average molecular weight is 417 g/mol. The maximum absolute atomic E-state index is 14.4. The number of nitrogens with one attached hydrogen (secondary N) is 1. The van der Waals surface area contributed by atoms with Crippen LogP contribution in [0.1, 0.15) is 16.7 Å². The molecule has 3 aromatic rings. The first-order chi connectivity index (χ1) is 14.3. The molecule has 3 rings (SSSR count). The molecule has 0 aliphatic rings. The van der Waals surface area contributed by atoms with Crippen molar-refractivity contribution in [2.75, 3.05) is 0 Å². The summed E-state index contributed by atoms with van der Waals surface area (Å²) >= 11 is 0. The van der Waals surface area contributed by atoms with Crippen LogP contribution in [0.4, 0.5) is 17.6 Å². The molecule has 0 aromatic heterocycles. The van der Waals surface area contributed by atoms with Gasteiger partial charge in [-0.3, -0.25) is 4.79 Å². The van der Waals surface area contributed by atoms with E-state index in [1.807, 2.05) is 0 Å². The molecule has 0 saturated carbocycles. The Morgan fingerprint density at radius 3 is 1.93 bits per heavy atom. The Kier molecular flexibility index (Phi) is 6.52. The predicted octanol–water partition coefficient (Wildman–Crippen LogP) is 5.12. The average Bonchev–Trinajstić information content (AvgIpc) is 2.74. The highest BCUT2D eigenvalue weighted by molar-refractivity contribution is 5.87. The van der Waals surface area contributed by atoms with Gasteiger partial charge < -0.3 is 10.1 Å². The summed E-state index contributed by atoms with van der Waals surface area (Å²) in [6, 6.07) is 20.2. The number of amides is 1. The second kappa shape index (κ2) is 9.09. The van der Waals surface area contributed by atoms with Crippen LogP contribution in [0.5, 0.6) is 0 Å². The lowest BCUT2D eigenvalue weighted by atomic mass is 9.91. The third-order valence-corrected chi connectivity index (χ3v) is 4.56. The third kappa shape index (κ3) is 4.68. The fraction of sp³-hybridized carbons (Fsp3) is 0.174. The largest absolute Gasteiger partial charge is 0.430 e. The summed E-state index contributed by atoms with van der Waals surface area (Å²) in [7, 11) is 0. The number of carbonyl (C=O) groups excluding carboxylic acids is 1. The van der Waals surface area contributed by atoms with E-state index in [0.29, 0.717) is 11.1 Å². The molecular weight excluding hydrogens is 398 g/mol. The molecule has 0 saturated heterocycles. The van der Waals surface area contributed by atoms with Crippen LogP contribution >= 0.6 is 0 Å². The van der Waals surface area contributed by atoms with E-state index >= 15 is 0 Å². The van der Waals surface area contributed by atoms with Crippen LogP contribution in [-0.4, -0.2) is 12.1 Å². The van der Waals surface area contributed by atoms with Crippen LogP contribution in [0.2, 0.25) is 0 Å². The zero-order valence-electron chi connectivity index (χ0n) is 15.8. The molecule has 0 heterocycles. The van der Waals surface area contributed by atoms with E-state index in [1.165, 1.54) is 48.5 Å². The Labute approximate surface area is 171 Å². The van der Waals surface area contributed by atoms with E-state index < -0.39 is 30.1 Å². The predicted molar refractivity (Wildman–Crippen MR) is 104 cm³/mol. The second-order valence-corrected chi connectivity index (χ2v) is 6.63. The first-order valence-corrected chi connectivity index (χ1v) is 9.16. The molecule has 1 amide bonds. The zero-order valence-corrected chi connectivity index (χ0v) is 15.8. The number of carbonyl (C=O) groups is 1. The monoisotopic (exact) mass is 417 g/mol. The van der Waals surface area contributed by atoms with Gasteiger partial charge in [-0.15, -0.1) is 0 Å². The van der Waals surface area contributed by atoms with Gasteiger partial charge >= 0.3 is 6.18 Å². The molecule has 30 heavy (non-hydrogen) atoms. The molecule has 0 aliphatic carbocycles. The molecule has 0 spiro atoms. The maximum atomic E-state index is 14.4. The first kappa shape index (κ1) is 21.5. The Bertz CT molecular complexity index is 960. The second-order valence-electron chi connectivity index (χ2n) is 6.63. The zero-order chi connectivity index (χ0) is 21.6. The minimum absolute atomic E-state index is 0.210.